The van der Waals surface area contributed by atoms with Gasteiger partial charge < -0.3 is 14.7 Å². The van der Waals surface area contributed by atoms with Crippen molar-refractivity contribution in [3.8, 4) is 0 Å². The average molecular weight is 285 g/mol. The number of benzene rings is 1. The third-order valence-corrected chi connectivity index (χ3v) is 4.62. The third-order valence-electron chi connectivity index (χ3n) is 4.62. The summed E-state index contributed by atoms with van der Waals surface area (Å²) in [6.07, 6.45) is 7.23. The Morgan fingerprint density at radius 3 is 2.24 bits per heavy atom. The lowest BCUT2D eigenvalue weighted by Crippen LogP contribution is -2.33. The van der Waals surface area contributed by atoms with Crippen LogP contribution in [0.3, 0.4) is 0 Å². The molecule has 0 saturated carbocycles. The second kappa shape index (κ2) is 6.10. The second-order valence-electron chi connectivity index (χ2n) is 6.52. The summed E-state index contributed by atoms with van der Waals surface area (Å²) in [5.74, 6) is 0. The van der Waals surface area contributed by atoms with Crippen molar-refractivity contribution in [3.05, 3.63) is 41.2 Å². The van der Waals surface area contributed by atoms with Crippen LogP contribution < -0.4 is 4.90 Å². The summed E-state index contributed by atoms with van der Waals surface area (Å²) in [6.45, 7) is 12.5. The number of likely N-dealkylation sites (tertiary alicyclic amines) is 1. The average Bonchev–Trinajstić information content (AvgIpc) is 3.06. The molecule has 3 heteroatoms. The molecule has 2 heterocycles. The van der Waals surface area contributed by atoms with E-state index in [0.717, 1.165) is 13.2 Å². The summed E-state index contributed by atoms with van der Waals surface area (Å²) in [5, 5.41) is 0. The van der Waals surface area contributed by atoms with Gasteiger partial charge in [-0.15, -0.1) is 0 Å². The summed E-state index contributed by atoms with van der Waals surface area (Å²) in [4.78, 5) is 7.39. The Morgan fingerprint density at radius 1 is 0.905 bits per heavy atom. The predicted octanol–water partition coefficient (Wildman–Crippen LogP) is 3.26. The highest BCUT2D eigenvalue weighted by molar-refractivity contribution is 5.62. The molecule has 0 N–H and O–H groups in total. The van der Waals surface area contributed by atoms with Crippen molar-refractivity contribution in [3.63, 3.8) is 0 Å². The SMILES string of the molecule is Cc1cc(C)c(N2C=CN(CCN3CCCC3)C2)c(C)c1. The fraction of sp³-hybridized carbons (Fsp3) is 0.556. The van der Waals surface area contributed by atoms with E-state index in [0.29, 0.717) is 0 Å². The molecule has 3 nitrogen and oxygen atoms in total. The summed E-state index contributed by atoms with van der Waals surface area (Å²) in [5.41, 5.74) is 5.47. The first-order chi connectivity index (χ1) is 10.1. The predicted molar refractivity (Wildman–Crippen MR) is 89.5 cm³/mol. The minimum atomic E-state index is 0.985. The standard InChI is InChI=1S/C18H27N3/c1-15-12-16(2)18(17(3)13-15)21-11-10-20(14-21)9-8-19-6-4-5-7-19/h10-13H,4-9,14H2,1-3H3. The highest BCUT2D eigenvalue weighted by Gasteiger charge is 2.19. The normalized spacial score (nSPS) is 19.0. The topological polar surface area (TPSA) is 9.72 Å². The van der Waals surface area contributed by atoms with Crippen LogP contribution in [0.25, 0.3) is 0 Å². The summed E-state index contributed by atoms with van der Waals surface area (Å²) < 4.78 is 0. The first kappa shape index (κ1) is 14.5. The molecule has 0 amide bonds. The monoisotopic (exact) mass is 285 g/mol. The van der Waals surface area contributed by atoms with Crippen LogP contribution in [0.4, 0.5) is 5.69 Å². The molecule has 0 radical (unpaired) electrons. The molecular formula is C18H27N3. The van der Waals surface area contributed by atoms with Crippen molar-refractivity contribution in [1.82, 2.24) is 9.80 Å². The van der Waals surface area contributed by atoms with E-state index in [9.17, 15) is 0 Å². The zero-order valence-electron chi connectivity index (χ0n) is 13.6. The second-order valence-corrected chi connectivity index (χ2v) is 6.52. The van der Waals surface area contributed by atoms with Gasteiger partial charge in [-0.05, 0) is 57.8 Å². The molecule has 0 aliphatic carbocycles. The molecule has 21 heavy (non-hydrogen) atoms. The van der Waals surface area contributed by atoms with E-state index >= 15 is 0 Å². The summed E-state index contributed by atoms with van der Waals surface area (Å²) in [7, 11) is 0. The van der Waals surface area contributed by atoms with Gasteiger partial charge in [0.2, 0.25) is 0 Å². The zero-order chi connectivity index (χ0) is 14.8. The van der Waals surface area contributed by atoms with E-state index in [1.165, 1.54) is 54.9 Å². The van der Waals surface area contributed by atoms with Crippen LogP contribution in [-0.4, -0.2) is 42.6 Å². The quantitative estimate of drug-likeness (QED) is 0.841. The maximum atomic E-state index is 2.58. The van der Waals surface area contributed by atoms with E-state index in [-0.39, 0.29) is 0 Å². The lowest BCUT2D eigenvalue weighted by Gasteiger charge is -2.26. The van der Waals surface area contributed by atoms with Gasteiger partial charge in [0.1, 0.15) is 0 Å². The number of anilines is 1. The van der Waals surface area contributed by atoms with Crippen LogP contribution in [0, 0.1) is 20.8 Å². The number of hydrogen-bond acceptors (Lipinski definition) is 3. The smallest absolute Gasteiger partial charge is 0.0942 e. The van der Waals surface area contributed by atoms with Gasteiger partial charge in [0, 0.05) is 31.2 Å². The maximum absolute atomic E-state index is 2.58. The van der Waals surface area contributed by atoms with Crippen LogP contribution in [-0.2, 0) is 0 Å². The zero-order valence-corrected chi connectivity index (χ0v) is 13.6. The van der Waals surface area contributed by atoms with Crippen LogP contribution >= 0.6 is 0 Å². The van der Waals surface area contributed by atoms with Crippen molar-refractivity contribution >= 4 is 5.69 Å². The molecule has 1 fully saturated rings. The fourth-order valence-electron chi connectivity index (χ4n) is 3.66. The van der Waals surface area contributed by atoms with Gasteiger partial charge in [0.05, 0.1) is 6.67 Å². The Balaban J connectivity index is 1.61. The van der Waals surface area contributed by atoms with E-state index < -0.39 is 0 Å². The van der Waals surface area contributed by atoms with Crippen molar-refractivity contribution < 1.29 is 0 Å². The Bertz CT molecular complexity index is 506. The van der Waals surface area contributed by atoms with E-state index in [1.54, 1.807) is 0 Å². The lowest BCUT2D eigenvalue weighted by atomic mass is 10.0. The largest absolute Gasteiger partial charge is 0.357 e. The van der Waals surface area contributed by atoms with Crippen molar-refractivity contribution in [2.75, 3.05) is 37.7 Å². The molecule has 0 spiro atoms. The molecule has 114 valence electrons. The first-order valence-electron chi connectivity index (χ1n) is 8.13. The molecule has 2 aliphatic rings. The van der Waals surface area contributed by atoms with Crippen molar-refractivity contribution in [2.45, 2.75) is 33.6 Å². The molecule has 1 saturated heterocycles. The number of rotatable bonds is 4. The van der Waals surface area contributed by atoms with Crippen LogP contribution in [0.1, 0.15) is 29.5 Å². The molecule has 1 aromatic carbocycles. The van der Waals surface area contributed by atoms with Crippen LogP contribution in [0.5, 0.6) is 0 Å². The van der Waals surface area contributed by atoms with Crippen LogP contribution in [0.2, 0.25) is 0 Å². The molecule has 0 unspecified atom stereocenters. The molecule has 0 bridgehead atoms. The molecular weight excluding hydrogens is 258 g/mol. The fourth-order valence-corrected chi connectivity index (χ4v) is 3.66. The van der Waals surface area contributed by atoms with Crippen molar-refractivity contribution in [1.29, 1.82) is 0 Å². The van der Waals surface area contributed by atoms with Crippen molar-refractivity contribution in [2.24, 2.45) is 0 Å². The van der Waals surface area contributed by atoms with E-state index in [2.05, 4.69) is 60.0 Å². The Morgan fingerprint density at radius 2 is 1.57 bits per heavy atom. The van der Waals surface area contributed by atoms with E-state index in [4.69, 9.17) is 0 Å². The van der Waals surface area contributed by atoms with Gasteiger partial charge in [-0.1, -0.05) is 17.7 Å². The van der Waals surface area contributed by atoms with Crippen LogP contribution in [0.15, 0.2) is 24.5 Å². The third kappa shape index (κ3) is 3.24. The van der Waals surface area contributed by atoms with Gasteiger partial charge in [0.25, 0.3) is 0 Å². The lowest BCUT2D eigenvalue weighted by molar-refractivity contribution is 0.285. The van der Waals surface area contributed by atoms with Gasteiger partial charge in [-0.25, -0.2) is 0 Å². The van der Waals surface area contributed by atoms with Gasteiger partial charge in [-0.3, -0.25) is 0 Å². The molecule has 3 rings (SSSR count). The van der Waals surface area contributed by atoms with Gasteiger partial charge >= 0.3 is 0 Å². The molecule has 2 aliphatic heterocycles. The Hall–Kier alpha value is -1.48. The van der Waals surface area contributed by atoms with Gasteiger partial charge in [-0.2, -0.15) is 0 Å². The number of aryl methyl sites for hydroxylation is 3. The van der Waals surface area contributed by atoms with E-state index in [1.807, 2.05) is 0 Å². The maximum Gasteiger partial charge on any atom is 0.0942 e. The number of nitrogens with zero attached hydrogens (tertiary/aromatic N) is 3. The summed E-state index contributed by atoms with van der Waals surface area (Å²) in [6, 6.07) is 4.56. The number of hydrogen-bond donors (Lipinski definition) is 0. The first-order valence-corrected chi connectivity index (χ1v) is 8.13. The Labute approximate surface area is 128 Å². The summed E-state index contributed by atoms with van der Waals surface area (Å²) >= 11 is 0. The molecule has 0 aromatic heterocycles. The van der Waals surface area contributed by atoms with Gasteiger partial charge in [0.15, 0.2) is 0 Å². The molecule has 0 atom stereocenters. The highest BCUT2D eigenvalue weighted by atomic mass is 15.3. The minimum absolute atomic E-state index is 0.985. The molecule has 1 aromatic rings. The highest BCUT2D eigenvalue weighted by Crippen LogP contribution is 2.28. The Kier molecular flexibility index (Phi) is 4.20. The minimum Gasteiger partial charge on any atom is -0.357 e.